The fourth-order valence-electron chi connectivity index (χ4n) is 5.94. The largest absolute Gasteiger partial charge is 0.490 e. The van der Waals surface area contributed by atoms with Gasteiger partial charge in [0, 0.05) is 49.4 Å². The van der Waals surface area contributed by atoms with Crippen LogP contribution >= 0.6 is 0 Å². The molecule has 0 spiro atoms. The smallest absolute Gasteiger partial charge is 0.242 e. The molecule has 1 aromatic heterocycles. The molecule has 0 atom stereocenters. The van der Waals surface area contributed by atoms with E-state index in [-0.39, 0.29) is 12.5 Å². The number of likely N-dealkylation sites (N-methyl/N-ethyl adjacent to an activating group) is 1. The van der Waals surface area contributed by atoms with Crippen LogP contribution in [0.5, 0.6) is 5.75 Å². The van der Waals surface area contributed by atoms with Crippen molar-refractivity contribution in [1.29, 1.82) is 0 Å². The number of hydrogen-bond donors (Lipinski definition) is 0. The van der Waals surface area contributed by atoms with Crippen LogP contribution < -0.4 is 9.64 Å². The molecule has 4 heterocycles. The Balaban J connectivity index is 1.13. The second-order valence-corrected chi connectivity index (χ2v) is 11.2. The summed E-state index contributed by atoms with van der Waals surface area (Å²) in [4.78, 5) is 27.4. The average molecular weight is 550 g/mol. The molecule has 6 rings (SSSR count). The molecule has 1 amide bonds. The van der Waals surface area contributed by atoms with E-state index in [0.29, 0.717) is 12.5 Å². The maximum absolute atomic E-state index is 13.5. The first kappa shape index (κ1) is 27.1. The molecule has 7 nitrogen and oxygen atoms in total. The van der Waals surface area contributed by atoms with Crippen molar-refractivity contribution in [3.63, 3.8) is 0 Å². The van der Waals surface area contributed by atoms with Gasteiger partial charge in [-0.2, -0.15) is 0 Å². The zero-order chi connectivity index (χ0) is 28.0. The lowest BCUT2D eigenvalue weighted by Gasteiger charge is -2.32. The number of aliphatic imine (C=N–C) groups is 1. The lowest BCUT2D eigenvalue weighted by Crippen LogP contribution is -2.40. The van der Waals surface area contributed by atoms with Crippen molar-refractivity contribution in [3.8, 4) is 28.4 Å². The SMILES string of the molecule is CN1CCOc2cc(-c3cn(CC(=O)N4CCC(CCC5=C\CC\C=C/C=N/5)CC4)c(-c4ccccc4)n3)ccc21. The standard InChI is InChI=1S/C34H39N5O2/c1-37-21-22-41-32-23-28(13-15-31(32)37)30-24-39(34(36-30)27-9-5-4-6-10-27)25-33(40)38-19-16-26(17-20-38)12-14-29-11-7-2-3-8-18-35-29/h3-6,8-11,13,15,18,23-24,26H,2,7,12,14,16-17,19-22,25H2,1H3/b8-3-,29-11-,35-18+. The van der Waals surface area contributed by atoms with Crippen molar-refractivity contribution in [2.24, 2.45) is 10.9 Å². The number of nitrogens with zero attached hydrogens (tertiary/aromatic N) is 5. The molecule has 1 fully saturated rings. The number of imidazole rings is 1. The van der Waals surface area contributed by atoms with Crippen molar-refractivity contribution in [3.05, 3.63) is 78.7 Å². The Bertz CT molecular complexity index is 1450. The van der Waals surface area contributed by atoms with Crippen molar-refractivity contribution < 1.29 is 9.53 Å². The molecule has 212 valence electrons. The number of ether oxygens (including phenoxy) is 1. The third-order valence-corrected chi connectivity index (χ3v) is 8.42. The Hall–Kier alpha value is -4.13. The zero-order valence-corrected chi connectivity index (χ0v) is 23.9. The summed E-state index contributed by atoms with van der Waals surface area (Å²) in [6.07, 6.45) is 16.8. The Morgan fingerprint density at radius 1 is 1.02 bits per heavy atom. The van der Waals surface area contributed by atoms with E-state index in [1.807, 2.05) is 46.2 Å². The van der Waals surface area contributed by atoms with Gasteiger partial charge in [-0.1, -0.05) is 48.6 Å². The summed E-state index contributed by atoms with van der Waals surface area (Å²) in [6.45, 7) is 3.45. The van der Waals surface area contributed by atoms with E-state index in [0.717, 1.165) is 92.2 Å². The molecular weight excluding hydrogens is 510 g/mol. The number of amides is 1. The van der Waals surface area contributed by atoms with E-state index < -0.39 is 0 Å². The highest BCUT2D eigenvalue weighted by atomic mass is 16.5. The quantitative estimate of drug-likeness (QED) is 0.344. The van der Waals surface area contributed by atoms with Crippen molar-refractivity contribution in [2.45, 2.75) is 45.1 Å². The molecule has 3 aliphatic heterocycles. The van der Waals surface area contributed by atoms with Gasteiger partial charge >= 0.3 is 0 Å². The van der Waals surface area contributed by atoms with Gasteiger partial charge < -0.3 is 19.1 Å². The molecule has 0 bridgehead atoms. The molecular formula is C34H39N5O2. The first-order valence-corrected chi connectivity index (χ1v) is 14.9. The summed E-state index contributed by atoms with van der Waals surface area (Å²) in [5.41, 5.74) is 5.13. The number of benzene rings is 2. The van der Waals surface area contributed by atoms with Gasteiger partial charge in [0.05, 0.1) is 17.9 Å². The van der Waals surface area contributed by atoms with Crippen molar-refractivity contribution in [2.75, 3.05) is 38.2 Å². The minimum absolute atomic E-state index is 0.152. The minimum Gasteiger partial charge on any atom is -0.490 e. The lowest BCUT2D eigenvalue weighted by molar-refractivity contribution is -0.133. The number of fused-ring (bicyclic) bond motifs is 1. The molecule has 3 aromatic rings. The van der Waals surface area contributed by atoms with Crippen molar-refractivity contribution >= 4 is 17.8 Å². The number of likely N-dealkylation sites (tertiary alicyclic amines) is 1. The highest BCUT2D eigenvalue weighted by molar-refractivity contribution is 5.78. The van der Waals surface area contributed by atoms with Gasteiger partial charge in [-0.15, -0.1) is 0 Å². The number of carbonyl (C=O) groups excluding carboxylic acids is 1. The van der Waals surface area contributed by atoms with Gasteiger partial charge in [-0.3, -0.25) is 9.79 Å². The van der Waals surface area contributed by atoms with Crippen LogP contribution in [0, 0.1) is 5.92 Å². The van der Waals surface area contributed by atoms with E-state index >= 15 is 0 Å². The molecule has 1 saturated heterocycles. The third-order valence-electron chi connectivity index (χ3n) is 8.42. The molecule has 0 radical (unpaired) electrons. The van der Waals surface area contributed by atoms with Gasteiger partial charge in [-0.25, -0.2) is 4.98 Å². The molecule has 41 heavy (non-hydrogen) atoms. The first-order chi connectivity index (χ1) is 20.1. The number of anilines is 1. The highest BCUT2D eigenvalue weighted by Gasteiger charge is 2.25. The van der Waals surface area contributed by atoms with Crippen LogP contribution in [-0.2, 0) is 11.3 Å². The second kappa shape index (κ2) is 12.6. The number of aromatic nitrogens is 2. The predicted molar refractivity (Wildman–Crippen MR) is 165 cm³/mol. The molecule has 0 N–H and O–H groups in total. The van der Waals surface area contributed by atoms with Crippen LogP contribution in [0.4, 0.5) is 5.69 Å². The van der Waals surface area contributed by atoms with Crippen LogP contribution in [0.2, 0.25) is 0 Å². The molecule has 3 aliphatic rings. The first-order valence-electron chi connectivity index (χ1n) is 14.9. The Morgan fingerprint density at radius 3 is 2.73 bits per heavy atom. The number of rotatable bonds is 7. The average Bonchev–Trinajstić information content (AvgIpc) is 3.41. The minimum atomic E-state index is 0.152. The zero-order valence-electron chi connectivity index (χ0n) is 23.9. The Labute approximate surface area is 242 Å². The highest BCUT2D eigenvalue weighted by Crippen LogP contribution is 2.35. The summed E-state index contributed by atoms with van der Waals surface area (Å²) < 4.78 is 7.96. The second-order valence-electron chi connectivity index (χ2n) is 11.2. The summed E-state index contributed by atoms with van der Waals surface area (Å²) in [6, 6.07) is 16.4. The Kier molecular flexibility index (Phi) is 8.31. The molecule has 2 aromatic carbocycles. The van der Waals surface area contributed by atoms with Crippen LogP contribution in [-0.4, -0.2) is 59.9 Å². The summed E-state index contributed by atoms with van der Waals surface area (Å²) in [5, 5.41) is 0. The molecule has 0 saturated carbocycles. The lowest BCUT2D eigenvalue weighted by atomic mass is 9.91. The van der Waals surface area contributed by atoms with Crippen LogP contribution in [0.3, 0.4) is 0 Å². The number of hydrogen-bond acceptors (Lipinski definition) is 5. The maximum atomic E-state index is 13.5. The van der Waals surface area contributed by atoms with E-state index in [2.05, 4.69) is 59.4 Å². The van der Waals surface area contributed by atoms with Crippen molar-refractivity contribution in [1.82, 2.24) is 14.5 Å². The summed E-state index contributed by atoms with van der Waals surface area (Å²) >= 11 is 0. The van der Waals surface area contributed by atoms with Crippen LogP contribution in [0.1, 0.15) is 38.5 Å². The number of allylic oxidation sites excluding steroid dienone is 4. The molecule has 0 aliphatic carbocycles. The topological polar surface area (TPSA) is 63.0 Å². The van der Waals surface area contributed by atoms with Crippen LogP contribution in [0.15, 0.2) is 83.6 Å². The van der Waals surface area contributed by atoms with E-state index in [1.54, 1.807) is 0 Å². The van der Waals surface area contributed by atoms with E-state index in [9.17, 15) is 4.79 Å². The fourth-order valence-corrected chi connectivity index (χ4v) is 5.94. The maximum Gasteiger partial charge on any atom is 0.242 e. The van der Waals surface area contributed by atoms with E-state index in [4.69, 9.17) is 9.72 Å². The molecule has 7 heteroatoms. The third kappa shape index (κ3) is 6.45. The van der Waals surface area contributed by atoms with Gasteiger partial charge in [0.2, 0.25) is 5.91 Å². The summed E-state index contributed by atoms with van der Waals surface area (Å²) in [7, 11) is 2.08. The van der Waals surface area contributed by atoms with Gasteiger partial charge in [0.15, 0.2) is 0 Å². The Morgan fingerprint density at radius 2 is 1.88 bits per heavy atom. The monoisotopic (exact) mass is 549 g/mol. The normalized spacial score (nSPS) is 20.3. The molecule has 0 unspecified atom stereocenters. The van der Waals surface area contributed by atoms with E-state index in [1.165, 1.54) is 5.70 Å². The van der Waals surface area contributed by atoms with Gasteiger partial charge in [0.25, 0.3) is 0 Å². The fraction of sp³-hybridized carbons (Fsp3) is 0.382. The predicted octanol–water partition coefficient (Wildman–Crippen LogP) is 6.37. The number of carbonyl (C=O) groups is 1. The summed E-state index contributed by atoms with van der Waals surface area (Å²) in [5.74, 6) is 2.48. The number of piperidine rings is 1. The van der Waals surface area contributed by atoms with Gasteiger partial charge in [0.1, 0.15) is 24.7 Å². The van der Waals surface area contributed by atoms with Crippen LogP contribution in [0.25, 0.3) is 22.6 Å². The van der Waals surface area contributed by atoms with Gasteiger partial charge in [-0.05, 0) is 62.7 Å².